The second-order valence-corrected chi connectivity index (χ2v) is 4.75. The van der Waals surface area contributed by atoms with Crippen molar-refractivity contribution in [1.29, 1.82) is 0 Å². The SMILES string of the molecule is COc1cc(C2CCCNC2)c(F)c(Cl)c1OC. The number of methoxy groups -OCH3 is 2. The molecule has 1 saturated heterocycles. The third kappa shape index (κ3) is 2.40. The fourth-order valence-corrected chi connectivity index (χ4v) is 2.64. The molecule has 0 aliphatic carbocycles. The van der Waals surface area contributed by atoms with E-state index in [0.717, 1.165) is 25.9 Å². The summed E-state index contributed by atoms with van der Waals surface area (Å²) in [6.07, 6.45) is 1.99. The number of nitrogens with one attached hydrogen (secondary N) is 1. The molecule has 100 valence electrons. The van der Waals surface area contributed by atoms with Gasteiger partial charge in [-0.25, -0.2) is 4.39 Å². The number of halogens is 2. The predicted molar refractivity (Wildman–Crippen MR) is 69.4 cm³/mol. The molecule has 3 nitrogen and oxygen atoms in total. The second-order valence-electron chi connectivity index (χ2n) is 4.37. The third-order valence-corrected chi connectivity index (χ3v) is 3.65. The lowest BCUT2D eigenvalue weighted by molar-refractivity contribution is 0.349. The standard InChI is InChI=1S/C13H17ClFNO2/c1-17-10-6-9(8-4-3-5-16-7-8)12(15)11(14)13(10)18-2/h6,8,16H,3-5,7H2,1-2H3. The summed E-state index contributed by atoms with van der Waals surface area (Å²) in [5, 5.41) is 3.26. The van der Waals surface area contributed by atoms with Crippen LogP contribution in [0.2, 0.25) is 5.02 Å². The van der Waals surface area contributed by atoms with Gasteiger partial charge in [0.2, 0.25) is 0 Å². The van der Waals surface area contributed by atoms with Crippen LogP contribution in [0.3, 0.4) is 0 Å². The van der Waals surface area contributed by atoms with E-state index in [1.807, 2.05) is 0 Å². The summed E-state index contributed by atoms with van der Waals surface area (Å²) in [5.41, 5.74) is 0.602. The largest absolute Gasteiger partial charge is 0.493 e. The second kappa shape index (κ2) is 5.76. The Balaban J connectivity index is 2.44. The summed E-state index contributed by atoms with van der Waals surface area (Å²) < 4.78 is 24.5. The molecule has 1 fully saturated rings. The van der Waals surface area contributed by atoms with Crippen molar-refractivity contribution in [3.05, 3.63) is 22.5 Å². The lowest BCUT2D eigenvalue weighted by Crippen LogP contribution is -2.28. The molecular formula is C13H17ClFNO2. The van der Waals surface area contributed by atoms with Crippen LogP contribution in [0.5, 0.6) is 11.5 Å². The number of benzene rings is 1. The average Bonchev–Trinajstić information content (AvgIpc) is 2.42. The van der Waals surface area contributed by atoms with Gasteiger partial charge in [-0.05, 0) is 36.9 Å². The molecule has 0 aromatic heterocycles. The van der Waals surface area contributed by atoms with Crippen molar-refractivity contribution in [2.75, 3.05) is 27.3 Å². The predicted octanol–water partition coefficient (Wildman–Crippen LogP) is 2.96. The summed E-state index contributed by atoms with van der Waals surface area (Å²) in [7, 11) is 2.97. The summed E-state index contributed by atoms with van der Waals surface area (Å²) >= 11 is 6.00. The molecule has 1 aromatic carbocycles. The molecule has 0 saturated carbocycles. The maximum Gasteiger partial charge on any atom is 0.182 e. The number of piperidine rings is 1. The first-order valence-electron chi connectivity index (χ1n) is 5.99. The molecule has 1 heterocycles. The molecular weight excluding hydrogens is 257 g/mol. The molecule has 2 rings (SSSR count). The van der Waals surface area contributed by atoms with Crippen molar-refractivity contribution in [1.82, 2.24) is 5.32 Å². The van der Waals surface area contributed by atoms with Crippen molar-refractivity contribution >= 4 is 11.6 Å². The van der Waals surface area contributed by atoms with Crippen LogP contribution >= 0.6 is 11.6 Å². The van der Waals surface area contributed by atoms with E-state index in [-0.39, 0.29) is 16.7 Å². The molecule has 1 N–H and O–H groups in total. The van der Waals surface area contributed by atoms with Gasteiger partial charge in [-0.3, -0.25) is 0 Å². The van der Waals surface area contributed by atoms with E-state index in [9.17, 15) is 4.39 Å². The molecule has 1 unspecified atom stereocenters. The zero-order valence-corrected chi connectivity index (χ0v) is 11.3. The molecule has 1 aromatic rings. The van der Waals surface area contributed by atoms with E-state index in [4.69, 9.17) is 21.1 Å². The minimum absolute atomic E-state index is 0.00239. The van der Waals surface area contributed by atoms with E-state index >= 15 is 0 Å². The highest BCUT2D eigenvalue weighted by molar-refractivity contribution is 6.32. The third-order valence-electron chi connectivity index (χ3n) is 3.32. The summed E-state index contributed by atoms with van der Waals surface area (Å²) in [4.78, 5) is 0. The summed E-state index contributed by atoms with van der Waals surface area (Å²) in [6.45, 7) is 1.75. The molecule has 0 radical (unpaired) electrons. The molecule has 0 bridgehead atoms. The number of ether oxygens (including phenoxy) is 2. The smallest absolute Gasteiger partial charge is 0.182 e. The molecule has 1 aliphatic rings. The van der Waals surface area contributed by atoms with Crippen molar-refractivity contribution in [3.63, 3.8) is 0 Å². The van der Waals surface area contributed by atoms with Gasteiger partial charge < -0.3 is 14.8 Å². The molecule has 0 spiro atoms. The fourth-order valence-electron chi connectivity index (χ4n) is 2.36. The van der Waals surface area contributed by atoms with E-state index < -0.39 is 5.82 Å². The highest BCUT2D eigenvalue weighted by Gasteiger charge is 2.24. The maximum atomic E-state index is 14.3. The van der Waals surface area contributed by atoms with E-state index in [1.54, 1.807) is 6.07 Å². The van der Waals surface area contributed by atoms with Crippen LogP contribution in [0.25, 0.3) is 0 Å². The Bertz CT molecular complexity index is 433. The minimum Gasteiger partial charge on any atom is -0.493 e. The van der Waals surface area contributed by atoms with Gasteiger partial charge in [-0.15, -0.1) is 0 Å². The monoisotopic (exact) mass is 273 g/mol. The van der Waals surface area contributed by atoms with Gasteiger partial charge in [-0.2, -0.15) is 0 Å². The van der Waals surface area contributed by atoms with Gasteiger partial charge in [0, 0.05) is 6.54 Å². The summed E-state index contributed by atoms with van der Waals surface area (Å²) in [6, 6.07) is 1.69. The number of hydrogen-bond acceptors (Lipinski definition) is 3. The van der Waals surface area contributed by atoms with Crippen molar-refractivity contribution in [3.8, 4) is 11.5 Å². The van der Waals surface area contributed by atoms with Crippen LogP contribution in [-0.2, 0) is 0 Å². The average molecular weight is 274 g/mol. The molecule has 5 heteroatoms. The Morgan fingerprint density at radius 3 is 2.72 bits per heavy atom. The number of hydrogen-bond donors (Lipinski definition) is 1. The highest BCUT2D eigenvalue weighted by atomic mass is 35.5. The van der Waals surface area contributed by atoms with Crippen LogP contribution in [0.1, 0.15) is 24.3 Å². The molecule has 1 aliphatic heterocycles. The Morgan fingerprint density at radius 1 is 1.39 bits per heavy atom. The van der Waals surface area contributed by atoms with Crippen LogP contribution in [0.4, 0.5) is 4.39 Å². The molecule has 1 atom stereocenters. The van der Waals surface area contributed by atoms with Gasteiger partial charge in [0.15, 0.2) is 11.5 Å². The fraction of sp³-hybridized carbons (Fsp3) is 0.538. The Morgan fingerprint density at radius 2 is 2.17 bits per heavy atom. The minimum atomic E-state index is -0.400. The van der Waals surface area contributed by atoms with E-state index in [2.05, 4.69) is 5.32 Å². The van der Waals surface area contributed by atoms with Gasteiger partial charge in [0.25, 0.3) is 0 Å². The first kappa shape index (κ1) is 13.4. The first-order valence-corrected chi connectivity index (χ1v) is 6.37. The van der Waals surface area contributed by atoms with Gasteiger partial charge in [-0.1, -0.05) is 11.6 Å². The zero-order valence-electron chi connectivity index (χ0n) is 10.6. The Labute approximate surface area is 111 Å². The Kier molecular flexibility index (Phi) is 4.30. The Hall–Kier alpha value is -1.00. The van der Waals surface area contributed by atoms with Crippen LogP contribution in [-0.4, -0.2) is 27.3 Å². The van der Waals surface area contributed by atoms with Crippen LogP contribution < -0.4 is 14.8 Å². The topological polar surface area (TPSA) is 30.5 Å². The van der Waals surface area contributed by atoms with E-state index in [1.165, 1.54) is 14.2 Å². The normalized spacial score (nSPS) is 19.7. The van der Waals surface area contributed by atoms with Gasteiger partial charge >= 0.3 is 0 Å². The first-order chi connectivity index (χ1) is 8.69. The van der Waals surface area contributed by atoms with Gasteiger partial charge in [0.05, 0.1) is 14.2 Å². The zero-order chi connectivity index (χ0) is 13.1. The maximum absolute atomic E-state index is 14.3. The van der Waals surface area contributed by atoms with E-state index in [0.29, 0.717) is 11.3 Å². The van der Waals surface area contributed by atoms with Crippen LogP contribution in [0, 0.1) is 5.82 Å². The lowest BCUT2D eigenvalue weighted by Gasteiger charge is -2.24. The molecule has 0 amide bonds. The highest BCUT2D eigenvalue weighted by Crippen LogP contribution is 2.41. The number of rotatable bonds is 3. The van der Waals surface area contributed by atoms with Crippen LogP contribution in [0.15, 0.2) is 6.07 Å². The lowest BCUT2D eigenvalue weighted by atomic mass is 9.91. The summed E-state index contributed by atoms with van der Waals surface area (Å²) in [5.74, 6) is 0.465. The van der Waals surface area contributed by atoms with Crippen molar-refractivity contribution < 1.29 is 13.9 Å². The van der Waals surface area contributed by atoms with Crippen molar-refractivity contribution in [2.45, 2.75) is 18.8 Å². The van der Waals surface area contributed by atoms with Gasteiger partial charge in [0.1, 0.15) is 10.8 Å². The quantitative estimate of drug-likeness (QED) is 0.918. The van der Waals surface area contributed by atoms with Crippen molar-refractivity contribution in [2.24, 2.45) is 0 Å². The molecule has 18 heavy (non-hydrogen) atoms.